The molecule has 0 radical (unpaired) electrons. The summed E-state index contributed by atoms with van der Waals surface area (Å²) in [5.74, 6) is -3.96. The highest BCUT2D eigenvalue weighted by Crippen LogP contribution is 2.23. The van der Waals surface area contributed by atoms with Gasteiger partial charge in [-0.25, -0.2) is 17.6 Å². The molecule has 1 unspecified atom stereocenters. The summed E-state index contributed by atoms with van der Waals surface area (Å²) in [6.45, 7) is 1.55. The van der Waals surface area contributed by atoms with Crippen LogP contribution in [0.3, 0.4) is 0 Å². The number of carbonyl (C=O) groups is 1. The average Bonchev–Trinajstić information content (AvgIpc) is 2.51. The van der Waals surface area contributed by atoms with Gasteiger partial charge in [0.05, 0.1) is 5.25 Å². The lowest BCUT2D eigenvalue weighted by atomic mass is 10.2. The number of thioether (sulfide) groups is 1. The second-order valence-corrected chi connectivity index (χ2v) is 6.12. The lowest BCUT2D eigenvalue weighted by molar-refractivity contribution is -0.115. The highest BCUT2D eigenvalue weighted by molar-refractivity contribution is 7.99. The molecule has 0 spiro atoms. The van der Waals surface area contributed by atoms with Crippen LogP contribution in [0.4, 0.5) is 23.2 Å². The molecule has 0 heterocycles. The molecule has 7 heteroatoms. The number of carbonyl (C=O) groups excluding carboxylic acids is 1. The minimum absolute atomic E-state index is 0.255. The van der Waals surface area contributed by atoms with Crippen molar-refractivity contribution in [1.82, 2.24) is 0 Å². The van der Waals surface area contributed by atoms with E-state index in [2.05, 4.69) is 5.32 Å². The van der Waals surface area contributed by atoms with E-state index >= 15 is 0 Å². The molecule has 122 valence electrons. The van der Waals surface area contributed by atoms with Crippen LogP contribution in [0.25, 0.3) is 0 Å². The quantitative estimate of drug-likeness (QED) is 0.810. The minimum atomic E-state index is -0.964. The Morgan fingerprint density at radius 2 is 1.70 bits per heavy atom. The second-order valence-electron chi connectivity index (χ2n) is 4.79. The van der Waals surface area contributed by atoms with Gasteiger partial charge in [-0.3, -0.25) is 4.79 Å². The molecule has 0 fully saturated rings. The molecule has 2 rings (SSSR count). The minimum Gasteiger partial charge on any atom is -0.320 e. The van der Waals surface area contributed by atoms with Crippen LogP contribution in [0.1, 0.15) is 12.5 Å². The second kappa shape index (κ2) is 7.50. The molecular formula is C16H13F4NOS. The summed E-state index contributed by atoms with van der Waals surface area (Å²) >= 11 is 1.14. The predicted molar refractivity (Wildman–Crippen MR) is 82.1 cm³/mol. The summed E-state index contributed by atoms with van der Waals surface area (Å²) in [6, 6.07) is 6.73. The highest BCUT2D eigenvalue weighted by atomic mass is 32.2. The Balaban J connectivity index is 1.96. The van der Waals surface area contributed by atoms with Crippen LogP contribution in [0.2, 0.25) is 0 Å². The zero-order valence-electron chi connectivity index (χ0n) is 12.1. The molecule has 1 N–H and O–H groups in total. The van der Waals surface area contributed by atoms with Crippen LogP contribution in [-0.2, 0) is 10.5 Å². The van der Waals surface area contributed by atoms with Gasteiger partial charge in [-0.15, -0.1) is 11.8 Å². The summed E-state index contributed by atoms with van der Waals surface area (Å²) in [7, 11) is 0. The van der Waals surface area contributed by atoms with Crippen molar-refractivity contribution in [2.24, 2.45) is 0 Å². The normalized spacial score (nSPS) is 12.0. The van der Waals surface area contributed by atoms with E-state index < -0.39 is 40.1 Å². The van der Waals surface area contributed by atoms with Gasteiger partial charge in [-0.2, -0.15) is 0 Å². The lowest BCUT2D eigenvalue weighted by Crippen LogP contribution is -2.23. The fraction of sp³-hybridized carbons (Fsp3) is 0.188. The Kier molecular flexibility index (Phi) is 5.65. The van der Waals surface area contributed by atoms with Gasteiger partial charge in [0.2, 0.25) is 5.91 Å². The monoisotopic (exact) mass is 343 g/mol. The van der Waals surface area contributed by atoms with Crippen molar-refractivity contribution in [3.05, 3.63) is 65.2 Å². The molecule has 1 atom stereocenters. The van der Waals surface area contributed by atoms with E-state index in [4.69, 9.17) is 0 Å². The van der Waals surface area contributed by atoms with Crippen molar-refractivity contribution in [3.8, 4) is 0 Å². The first kappa shape index (κ1) is 17.3. The van der Waals surface area contributed by atoms with E-state index in [9.17, 15) is 22.4 Å². The predicted octanol–water partition coefficient (Wildman–Crippen LogP) is 4.50. The Labute approximate surface area is 134 Å². The largest absolute Gasteiger partial charge is 0.320 e. The fourth-order valence-corrected chi connectivity index (χ4v) is 2.60. The fourth-order valence-electron chi connectivity index (χ4n) is 1.77. The molecule has 0 saturated heterocycles. The third kappa shape index (κ3) is 4.48. The summed E-state index contributed by atoms with van der Waals surface area (Å²) in [6.07, 6.45) is 0. The number of amides is 1. The first-order valence-corrected chi connectivity index (χ1v) is 7.73. The molecule has 0 saturated carbocycles. The zero-order chi connectivity index (χ0) is 17.0. The highest BCUT2D eigenvalue weighted by Gasteiger charge is 2.18. The van der Waals surface area contributed by atoms with E-state index in [0.717, 1.165) is 36.0 Å². The number of anilines is 1. The van der Waals surface area contributed by atoms with Crippen molar-refractivity contribution in [1.29, 1.82) is 0 Å². The van der Waals surface area contributed by atoms with Crippen molar-refractivity contribution in [2.75, 3.05) is 5.32 Å². The number of halogens is 4. The van der Waals surface area contributed by atoms with Crippen LogP contribution >= 0.6 is 11.8 Å². The van der Waals surface area contributed by atoms with Crippen molar-refractivity contribution in [2.45, 2.75) is 17.9 Å². The molecule has 23 heavy (non-hydrogen) atoms. The maximum absolute atomic E-state index is 13.5. The van der Waals surface area contributed by atoms with Gasteiger partial charge in [0.1, 0.15) is 17.3 Å². The van der Waals surface area contributed by atoms with E-state index in [1.54, 1.807) is 6.92 Å². The summed E-state index contributed by atoms with van der Waals surface area (Å²) in [5, 5.41) is 1.55. The van der Waals surface area contributed by atoms with Crippen LogP contribution in [-0.4, -0.2) is 11.2 Å². The van der Waals surface area contributed by atoms with Gasteiger partial charge in [0.25, 0.3) is 0 Å². The zero-order valence-corrected chi connectivity index (χ0v) is 12.9. The number of benzene rings is 2. The molecule has 0 aliphatic heterocycles. The van der Waals surface area contributed by atoms with Crippen LogP contribution < -0.4 is 5.32 Å². The van der Waals surface area contributed by atoms with E-state index in [1.807, 2.05) is 0 Å². The van der Waals surface area contributed by atoms with Gasteiger partial charge >= 0.3 is 0 Å². The van der Waals surface area contributed by atoms with Crippen LogP contribution in [0.15, 0.2) is 36.4 Å². The van der Waals surface area contributed by atoms with Crippen molar-refractivity contribution >= 4 is 23.4 Å². The first-order valence-electron chi connectivity index (χ1n) is 6.69. The lowest BCUT2D eigenvalue weighted by Gasteiger charge is -2.13. The number of nitrogens with one attached hydrogen (secondary N) is 1. The molecule has 1 amide bonds. The molecule has 0 aliphatic rings. The molecular weight excluding hydrogens is 330 g/mol. The molecule has 2 aromatic rings. The number of rotatable bonds is 5. The smallest absolute Gasteiger partial charge is 0.237 e. The van der Waals surface area contributed by atoms with Gasteiger partial charge in [-0.05, 0) is 36.8 Å². The Morgan fingerprint density at radius 3 is 2.30 bits per heavy atom. The topological polar surface area (TPSA) is 29.1 Å². The number of hydrogen-bond donors (Lipinski definition) is 1. The first-order chi connectivity index (χ1) is 10.9. The van der Waals surface area contributed by atoms with Gasteiger partial charge in [0, 0.05) is 5.75 Å². The van der Waals surface area contributed by atoms with Gasteiger partial charge in [0.15, 0.2) is 11.6 Å². The molecule has 0 aromatic heterocycles. The molecule has 0 bridgehead atoms. The maximum atomic E-state index is 13.5. The Hall–Kier alpha value is -2.02. The van der Waals surface area contributed by atoms with Crippen molar-refractivity contribution in [3.63, 3.8) is 0 Å². The standard InChI is InChI=1S/C16H13F4NOS/c1-9(23-8-10-5-6-11(17)14(20)7-10)16(22)21-15-12(18)3-2-4-13(15)19/h2-7,9H,8H2,1H3,(H,21,22). The summed E-state index contributed by atoms with van der Waals surface area (Å²) < 4.78 is 52.9. The van der Waals surface area contributed by atoms with Crippen LogP contribution in [0.5, 0.6) is 0 Å². The Bertz CT molecular complexity index is 703. The Morgan fingerprint density at radius 1 is 1.04 bits per heavy atom. The number of hydrogen-bond acceptors (Lipinski definition) is 2. The SMILES string of the molecule is CC(SCc1ccc(F)c(F)c1)C(=O)Nc1c(F)cccc1F. The molecule has 0 aliphatic carbocycles. The van der Waals surface area contributed by atoms with E-state index in [0.29, 0.717) is 5.56 Å². The summed E-state index contributed by atoms with van der Waals surface area (Å²) in [5.41, 5.74) is 0.00315. The molecule has 2 aromatic carbocycles. The average molecular weight is 343 g/mol. The van der Waals surface area contributed by atoms with E-state index in [1.165, 1.54) is 12.1 Å². The van der Waals surface area contributed by atoms with Crippen molar-refractivity contribution < 1.29 is 22.4 Å². The van der Waals surface area contributed by atoms with E-state index in [-0.39, 0.29) is 5.75 Å². The van der Waals surface area contributed by atoms with Gasteiger partial charge < -0.3 is 5.32 Å². The third-order valence-electron chi connectivity index (χ3n) is 3.06. The van der Waals surface area contributed by atoms with Crippen LogP contribution in [0, 0.1) is 23.3 Å². The maximum Gasteiger partial charge on any atom is 0.237 e. The number of para-hydroxylation sites is 1. The van der Waals surface area contributed by atoms with Gasteiger partial charge in [-0.1, -0.05) is 12.1 Å². The summed E-state index contributed by atoms with van der Waals surface area (Å²) in [4.78, 5) is 12.0. The third-order valence-corrected chi connectivity index (χ3v) is 4.28. The molecule has 2 nitrogen and oxygen atoms in total.